The Morgan fingerprint density at radius 1 is 0.964 bits per heavy atom. The summed E-state index contributed by atoms with van der Waals surface area (Å²) in [5, 5.41) is 7.48. The number of nitrogens with zero attached hydrogens (tertiary/aromatic N) is 3. The Kier molecular flexibility index (Phi) is 5.89. The summed E-state index contributed by atoms with van der Waals surface area (Å²) in [5.74, 6) is 1.51. The van der Waals surface area contributed by atoms with Crippen molar-refractivity contribution < 1.29 is 4.74 Å². The third-order valence-corrected chi connectivity index (χ3v) is 4.82. The highest BCUT2D eigenvalue weighted by Gasteiger charge is 2.14. The van der Waals surface area contributed by atoms with Gasteiger partial charge in [0, 0.05) is 30.7 Å². The maximum atomic E-state index is 5.94. The van der Waals surface area contributed by atoms with Crippen molar-refractivity contribution in [1.82, 2.24) is 9.97 Å². The summed E-state index contributed by atoms with van der Waals surface area (Å²) in [6, 6.07) is 17.9. The number of hydrogen-bond donors (Lipinski definition) is 2. The number of para-hydroxylation sites is 2. The van der Waals surface area contributed by atoms with Crippen molar-refractivity contribution in [2.75, 3.05) is 41.8 Å². The van der Waals surface area contributed by atoms with E-state index in [9.17, 15) is 0 Å². The van der Waals surface area contributed by atoms with Gasteiger partial charge < -0.3 is 20.3 Å². The summed E-state index contributed by atoms with van der Waals surface area (Å²) in [7, 11) is 0. The van der Waals surface area contributed by atoms with Crippen LogP contribution < -0.4 is 15.5 Å². The number of rotatable bonds is 6. The van der Waals surface area contributed by atoms with Gasteiger partial charge in [0.1, 0.15) is 18.0 Å². The molecule has 0 radical (unpaired) electrons. The molecule has 4 rings (SSSR count). The summed E-state index contributed by atoms with van der Waals surface area (Å²) >= 11 is 5.94. The van der Waals surface area contributed by atoms with E-state index in [1.165, 1.54) is 0 Å². The molecule has 1 aliphatic heterocycles. The van der Waals surface area contributed by atoms with Crippen LogP contribution in [-0.2, 0) is 11.3 Å². The Balaban J connectivity index is 1.45. The molecule has 3 aromatic rings. The highest BCUT2D eigenvalue weighted by molar-refractivity contribution is 6.30. The van der Waals surface area contributed by atoms with E-state index >= 15 is 0 Å². The lowest BCUT2D eigenvalue weighted by atomic mass is 10.2. The molecule has 6 nitrogen and oxygen atoms in total. The fourth-order valence-electron chi connectivity index (χ4n) is 3.11. The van der Waals surface area contributed by atoms with Crippen LogP contribution >= 0.6 is 11.6 Å². The zero-order valence-corrected chi connectivity index (χ0v) is 16.2. The van der Waals surface area contributed by atoms with Crippen LogP contribution in [-0.4, -0.2) is 36.3 Å². The van der Waals surface area contributed by atoms with Gasteiger partial charge in [-0.25, -0.2) is 9.97 Å². The minimum absolute atomic E-state index is 0.665. The van der Waals surface area contributed by atoms with Gasteiger partial charge in [-0.3, -0.25) is 0 Å². The van der Waals surface area contributed by atoms with Gasteiger partial charge in [0.2, 0.25) is 0 Å². The van der Waals surface area contributed by atoms with E-state index in [1.807, 2.05) is 36.4 Å². The first-order chi connectivity index (χ1) is 13.8. The Morgan fingerprint density at radius 3 is 2.54 bits per heavy atom. The van der Waals surface area contributed by atoms with E-state index in [4.69, 9.17) is 16.3 Å². The van der Waals surface area contributed by atoms with Gasteiger partial charge in [-0.2, -0.15) is 0 Å². The first-order valence-electron chi connectivity index (χ1n) is 9.27. The Bertz CT molecular complexity index is 913. The average Bonchev–Trinajstić information content (AvgIpc) is 2.75. The molecule has 1 aromatic heterocycles. The predicted octanol–water partition coefficient (Wildman–Crippen LogP) is 4.32. The predicted molar refractivity (Wildman–Crippen MR) is 114 cm³/mol. The highest BCUT2D eigenvalue weighted by Crippen LogP contribution is 2.29. The van der Waals surface area contributed by atoms with E-state index in [1.54, 1.807) is 6.33 Å². The molecule has 0 amide bonds. The van der Waals surface area contributed by atoms with Crippen LogP contribution in [0.3, 0.4) is 0 Å². The van der Waals surface area contributed by atoms with Crippen molar-refractivity contribution in [3.8, 4) is 0 Å². The fourth-order valence-corrected chi connectivity index (χ4v) is 3.24. The van der Waals surface area contributed by atoms with E-state index in [0.717, 1.165) is 59.9 Å². The van der Waals surface area contributed by atoms with E-state index in [2.05, 4.69) is 43.7 Å². The quantitative estimate of drug-likeness (QED) is 0.648. The number of ether oxygens (including phenoxy) is 1. The summed E-state index contributed by atoms with van der Waals surface area (Å²) in [6.45, 7) is 3.94. The average molecular weight is 396 g/mol. The smallest absolute Gasteiger partial charge is 0.135 e. The topological polar surface area (TPSA) is 62.3 Å². The number of morpholine rings is 1. The van der Waals surface area contributed by atoms with Crippen molar-refractivity contribution >= 4 is 34.6 Å². The molecule has 0 aliphatic carbocycles. The van der Waals surface area contributed by atoms with Crippen LogP contribution in [0.25, 0.3) is 0 Å². The molecule has 0 bridgehead atoms. The van der Waals surface area contributed by atoms with E-state index < -0.39 is 0 Å². The van der Waals surface area contributed by atoms with Crippen molar-refractivity contribution in [1.29, 1.82) is 0 Å². The number of anilines is 4. The molecule has 144 valence electrons. The number of benzene rings is 2. The highest BCUT2D eigenvalue weighted by atomic mass is 35.5. The molecule has 0 spiro atoms. The third kappa shape index (κ3) is 4.71. The normalized spacial score (nSPS) is 14.0. The summed E-state index contributed by atoms with van der Waals surface area (Å²) in [4.78, 5) is 11.0. The van der Waals surface area contributed by atoms with Gasteiger partial charge in [0.25, 0.3) is 0 Å². The molecular weight excluding hydrogens is 374 g/mol. The number of halogens is 1. The molecule has 1 fully saturated rings. The molecule has 1 saturated heterocycles. The molecule has 7 heteroatoms. The minimum atomic E-state index is 0.665. The van der Waals surface area contributed by atoms with Gasteiger partial charge in [0.05, 0.1) is 24.6 Å². The van der Waals surface area contributed by atoms with Crippen molar-refractivity contribution in [3.63, 3.8) is 0 Å². The van der Waals surface area contributed by atoms with Crippen LogP contribution in [0.15, 0.2) is 60.9 Å². The zero-order valence-electron chi connectivity index (χ0n) is 15.4. The summed E-state index contributed by atoms with van der Waals surface area (Å²) in [6.07, 6.45) is 1.56. The standard InChI is InChI=1S/C21H22ClN5O/c22-17-7-5-16(6-8-17)14-23-20-13-21(25-15-24-20)26-18-3-1-2-4-19(18)27-9-11-28-12-10-27/h1-8,13,15H,9-12,14H2,(H2,23,24,25,26). The molecule has 1 aliphatic rings. The van der Waals surface area contributed by atoms with Gasteiger partial charge in [-0.05, 0) is 29.8 Å². The van der Waals surface area contributed by atoms with Crippen LogP contribution in [0, 0.1) is 0 Å². The van der Waals surface area contributed by atoms with Crippen LogP contribution in [0.1, 0.15) is 5.56 Å². The maximum Gasteiger partial charge on any atom is 0.135 e. The molecule has 0 atom stereocenters. The second-order valence-electron chi connectivity index (χ2n) is 6.51. The first-order valence-corrected chi connectivity index (χ1v) is 9.65. The van der Waals surface area contributed by atoms with Gasteiger partial charge in [0.15, 0.2) is 0 Å². The Hall–Kier alpha value is -2.83. The van der Waals surface area contributed by atoms with Gasteiger partial charge >= 0.3 is 0 Å². The monoisotopic (exact) mass is 395 g/mol. The third-order valence-electron chi connectivity index (χ3n) is 4.57. The van der Waals surface area contributed by atoms with Crippen LogP contribution in [0.5, 0.6) is 0 Å². The molecule has 2 aromatic carbocycles. The van der Waals surface area contributed by atoms with E-state index in [0.29, 0.717) is 6.54 Å². The first kappa shape index (κ1) is 18.5. The second-order valence-corrected chi connectivity index (χ2v) is 6.95. The SMILES string of the molecule is Clc1ccc(CNc2cc(Nc3ccccc3N3CCOCC3)ncn2)cc1. The minimum Gasteiger partial charge on any atom is -0.378 e. The maximum absolute atomic E-state index is 5.94. The Morgan fingerprint density at radius 2 is 1.71 bits per heavy atom. The summed E-state index contributed by atoms with van der Waals surface area (Å²) < 4.78 is 5.47. The van der Waals surface area contributed by atoms with Crippen LogP contribution in [0.4, 0.5) is 23.0 Å². The zero-order chi connectivity index (χ0) is 19.2. The number of aromatic nitrogens is 2. The molecule has 2 heterocycles. The fraction of sp³-hybridized carbons (Fsp3) is 0.238. The van der Waals surface area contributed by atoms with Gasteiger partial charge in [-0.15, -0.1) is 0 Å². The molecule has 0 unspecified atom stereocenters. The lowest BCUT2D eigenvalue weighted by molar-refractivity contribution is 0.123. The summed E-state index contributed by atoms with van der Waals surface area (Å²) in [5.41, 5.74) is 3.31. The van der Waals surface area contributed by atoms with Crippen LogP contribution in [0.2, 0.25) is 5.02 Å². The lowest BCUT2D eigenvalue weighted by Gasteiger charge is -2.30. The van der Waals surface area contributed by atoms with Crippen molar-refractivity contribution in [2.24, 2.45) is 0 Å². The number of hydrogen-bond acceptors (Lipinski definition) is 6. The molecule has 2 N–H and O–H groups in total. The molecule has 0 saturated carbocycles. The largest absolute Gasteiger partial charge is 0.378 e. The van der Waals surface area contributed by atoms with Crippen molar-refractivity contribution in [3.05, 3.63) is 71.5 Å². The Labute approximate surface area is 169 Å². The number of nitrogens with one attached hydrogen (secondary N) is 2. The molecule has 28 heavy (non-hydrogen) atoms. The van der Waals surface area contributed by atoms with Crippen molar-refractivity contribution in [2.45, 2.75) is 6.54 Å². The van der Waals surface area contributed by atoms with Gasteiger partial charge in [-0.1, -0.05) is 35.9 Å². The van der Waals surface area contributed by atoms with E-state index in [-0.39, 0.29) is 0 Å². The second kappa shape index (κ2) is 8.91. The lowest BCUT2D eigenvalue weighted by Crippen LogP contribution is -2.36. The molecular formula is C21H22ClN5O.